The average Bonchev–Trinajstić information content (AvgIpc) is 3.60. The molecule has 1 fully saturated rings. The van der Waals surface area contributed by atoms with Gasteiger partial charge in [0, 0.05) is 39.5 Å². The Hall–Kier alpha value is -2.42. The Morgan fingerprint density at radius 3 is 2.24 bits per heavy atom. The van der Waals surface area contributed by atoms with E-state index < -0.39 is 36.8 Å². The van der Waals surface area contributed by atoms with Gasteiger partial charge in [0.05, 0.1) is 39.1 Å². The number of nitrogens with one attached hydrogen (secondary N) is 4. The summed E-state index contributed by atoms with van der Waals surface area (Å²) in [6, 6.07) is -0.726. The summed E-state index contributed by atoms with van der Waals surface area (Å²) in [5.74, 6) is 7.59. The Bertz CT molecular complexity index is 1130. The van der Waals surface area contributed by atoms with E-state index in [2.05, 4.69) is 61.1 Å². The maximum atomic E-state index is 12.7. The first-order chi connectivity index (χ1) is 21.6. The van der Waals surface area contributed by atoms with E-state index in [1.54, 1.807) is 4.72 Å². The molecule has 2 aliphatic rings. The number of alkyl carbamates (subject to hydrolysis) is 1. The number of rotatable bonds is 20. The smallest absolute Gasteiger partial charge is 0.421 e. The van der Waals surface area contributed by atoms with Crippen LogP contribution in [0.5, 0.6) is 0 Å². The van der Waals surface area contributed by atoms with Gasteiger partial charge < -0.3 is 34.0 Å². The van der Waals surface area contributed by atoms with Crippen LogP contribution in [0.15, 0.2) is 0 Å². The van der Waals surface area contributed by atoms with E-state index in [0.29, 0.717) is 44.0 Å². The topological polar surface area (TPSA) is 180 Å². The summed E-state index contributed by atoms with van der Waals surface area (Å²) in [4.78, 5) is 37.2. The van der Waals surface area contributed by atoms with Crippen LogP contribution in [0.3, 0.4) is 0 Å². The third-order valence-electron chi connectivity index (χ3n) is 8.52. The quantitative estimate of drug-likeness (QED) is 0.0843. The third kappa shape index (κ3) is 15.4. The molecule has 46 heavy (non-hydrogen) atoms. The first-order valence-electron chi connectivity index (χ1n) is 16.0. The number of methoxy groups -OCH3 is 1. The van der Waals surface area contributed by atoms with Crippen molar-refractivity contribution in [3.05, 3.63) is 0 Å². The molecule has 4 atom stereocenters. The molecule has 14 nitrogen and oxygen atoms in total. The molecule has 0 bridgehead atoms. The predicted molar refractivity (Wildman–Crippen MR) is 174 cm³/mol. The van der Waals surface area contributed by atoms with Crippen molar-refractivity contribution in [2.24, 2.45) is 17.8 Å². The van der Waals surface area contributed by atoms with Crippen molar-refractivity contribution < 1.29 is 46.2 Å². The Kier molecular flexibility index (Phi) is 16.8. The molecule has 0 unspecified atom stereocenters. The van der Waals surface area contributed by atoms with Gasteiger partial charge in [-0.3, -0.25) is 4.79 Å². The fraction of sp³-hybridized carbons (Fsp3) is 0.833. The lowest BCUT2D eigenvalue weighted by Gasteiger charge is -2.37. The van der Waals surface area contributed by atoms with Gasteiger partial charge in [-0.1, -0.05) is 20.8 Å². The zero-order valence-electron chi connectivity index (χ0n) is 28.2. The Balaban J connectivity index is 1.75. The fourth-order valence-electron chi connectivity index (χ4n) is 4.75. The first kappa shape index (κ1) is 39.8. The lowest BCUT2D eigenvalue weighted by Crippen LogP contribution is -2.49. The molecule has 3 amide bonds. The van der Waals surface area contributed by atoms with E-state index in [9.17, 15) is 22.8 Å². The molecule has 2 aliphatic carbocycles. The summed E-state index contributed by atoms with van der Waals surface area (Å²) in [6.45, 7) is 11.4. The van der Waals surface area contributed by atoms with Gasteiger partial charge in [0.1, 0.15) is 6.61 Å². The zero-order valence-corrected chi connectivity index (χ0v) is 30.0. The van der Waals surface area contributed by atoms with Crippen molar-refractivity contribution >= 4 is 36.6 Å². The van der Waals surface area contributed by atoms with Crippen LogP contribution in [0.2, 0.25) is 18.1 Å². The van der Waals surface area contributed by atoms with Crippen molar-refractivity contribution in [2.75, 3.05) is 59.8 Å². The molecule has 0 saturated heterocycles. The van der Waals surface area contributed by atoms with Crippen LogP contribution >= 0.6 is 0 Å². The van der Waals surface area contributed by atoms with E-state index >= 15 is 0 Å². The molecule has 0 radical (unpaired) electrons. The van der Waals surface area contributed by atoms with Crippen LogP contribution in [-0.4, -0.2) is 101 Å². The molecule has 0 aromatic carbocycles. The van der Waals surface area contributed by atoms with Crippen molar-refractivity contribution in [2.45, 2.75) is 83.5 Å². The summed E-state index contributed by atoms with van der Waals surface area (Å²) >= 11 is 0. The van der Waals surface area contributed by atoms with Crippen LogP contribution in [0.1, 0.15) is 59.3 Å². The van der Waals surface area contributed by atoms with Gasteiger partial charge in [-0.15, -0.1) is 11.8 Å². The van der Waals surface area contributed by atoms with Gasteiger partial charge >= 0.3 is 22.4 Å². The Morgan fingerprint density at radius 2 is 1.61 bits per heavy atom. The normalized spacial score (nSPS) is 20.1. The van der Waals surface area contributed by atoms with E-state index in [-0.39, 0.29) is 50.3 Å². The molecule has 16 heteroatoms. The predicted octanol–water partition coefficient (Wildman–Crippen LogP) is 2.66. The molecular formula is C30H54N4O10SSi. The minimum Gasteiger partial charge on any atom is -0.449 e. The summed E-state index contributed by atoms with van der Waals surface area (Å²) in [7, 11) is -4.87. The number of hydrogen-bond donors (Lipinski definition) is 4. The second-order valence-corrected chi connectivity index (χ2v) is 19.4. The largest absolute Gasteiger partial charge is 0.449 e. The summed E-state index contributed by atoms with van der Waals surface area (Å²) in [5.41, 5.74) is 0. The molecule has 0 aliphatic heterocycles. The number of hydrogen-bond acceptors (Lipinski definition) is 10. The highest BCUT2D eigenvalue weighted by atomic mass is 32.2. The molecule has 264 valence electrons. The monoisotopic (exact) mass is 690 g/mol. The van der Waals surface area contributed by atoms with Crippen LogP contribution < -0.4 is 20.1 Å². The van der Waals surface area contributed by atoms with E-state index in [4.69, 9.17) is 23.4 Å². The first-order valence-corrected chi connectivity index (χ1v) is 20.3. The highest BCUT2D eigenvalue weighted by Crippen LogP contribution is 2.52. The number of carbonyl (C=O) groups excluding carboxylic acids is 3. The van der Waals surface area contributed by atoms with Crippen LogP contribution in [0.4, 0.5) is 9.59 Å². The molecule has 0 heterocycles. The second kappa shape index (κ2) is 19.4. The zero-order chi connectivity index (χ0) is 34.2. The fourth-order valence-corrected chi connectivity index (χ4v) is 6.50. The van der Waals surface area contributed by atoms with E-state index in [1.165, 1.54) is 7.11 Å². The average molecular weight is 691 g/mol. The van der Waals surface area contributed by atoms with Gasteiger partial charge in [-0.2, -0.15) is 13.1 Å². The summed E-state index contributed by atoms with van der Waals surface area (Å²) in [6.07, 6.45) is 2.68. The summed E-state index contributed by atoms with van der Waals surface area (Å²) in [5, 5.41) is 5.39. The highest BCUT2D eigenvalue weighted by molar-refractivity contribution is 7.88. The number of ether oxygens (including phenoxy) is 4. The van der Waals surface area contributed by atoms with E-state index in [1.807, 2.05) is 0 Å². The maximum Gasteiger partial charge on any atom is 0.421 e. The molecule has 0 spiro atoms. The minimum atomic E-state index is -4.18. The van der Waals surface area contributed by atoms with Crippen LogP contribution in [-0.2, 0) is 38.4 Å². The minimum absolute atomic E-state index is 0.0603. The van der Waals surface area contributed by atoms with E-state index in [0.717, 1.165) is 25.7 Å². The molecule has 1 saturated carbocycles. The van der Waals surface area contributed by atoms with Crippen molar-refractivity contribution in [3.63, 3.8) is 0 Å². The standard InChI is InChI=1S/C30H54N4O10SSi/c1-30(2,3)46(5,6)44-21-23(20-42-29(37)34-45(38,39)32-16-17-41-19-18-40-4)33-27(35)14-11-15-31-28(36)43-22-26-24-12-9-7-8-10-13-25(24)26/h23-26,32H,9-22H2,1-6H3,(H,31,36)(H,33,35)(H,34,37)/t23-,24-,25+,26-/m1/s1. The lowest BCUT2D eigenvalue weighted by atomic mass is 10.1. The molecule has 0 aromatic rings. The van der Waals surface area contributed by atoms with Gasteiger partial charge in [-0.25, -0.2) is 14.3 Å². The number of carbonyl (C=O) groups is 3. The van der Waals surface area contributed by atoms with Crippen LogP contribution in [0, 0.1) is 29.6 Å². The van der Waals surface area contributed by atoms with Crippen molar-refractivity contribution in [1.29, 1.82) is 0 Å². The summed E-state index contributed by atoms with van der Waals surface area (Å²) < 4.78 is 55.0. The molecule has 4 N–H and O–H groups in total. The molecule has 0 aromatic heterocycles. The number of fused-ring (bicyclic) bond motifs is 1. The van der Waals surface area contributed by atoms with Gasteiger partial charge in [-0.05, 0) is 55.1 Å². The SMILES string of the molecule is COCCOCCNS(=O)(=O)NC(=O)OC[C@H](CO[Si](C)(C)C(C)(C)C)NC(=O)CCCNC(=O)OC[C@@H]1[C@@H]2CCC#CCC[C@@H]21. The lowest BCUT2D eigenvalue weighted by molar-refractivity contribution is -0.122. The number of amides is 3. The van der Waals surface area contributed by atoms with Crippen molar-refractivity contribution in [1.82, 2.24) is 20.1 Å². The Morgan fingerprint density at radius 1 is 0.935 bits per heavy atom. The second-order valence-electron chi connectivity index (χ2n) is 13.1. The maximum absolute atomic E-state index is 12.7. The Labute approximate surface area is 275 Å². The highest BCUT2D eigenvalue weighted by Gasteiger charge is 2.49. The van der Waals surface area contributed by atoms with Crippen LogP contribution in [0.25, 0.3) is 0 Å². The van der Waals surface area contributed by atoms with Crippen molar-refractivity contribution in [3.8, 4) is 11.8 Å². The molecule has 2 rings (SSSR count). The van der Waals surface area contributed by atoms with Gasteiger partial charge in [0.2, 0.25) is 5.91 Å². The third-order valence-corrected chi connectivity index (χ3v) is 14.0. The molecular weight excluding hydrogens is 637 g/mol. The van der Waals surface area contributed by atoms with Gasteiger partial charge in [0.25, 0.3) is 0 Å². The van der Waals surface area contributed by atoms with Gasteiger partial charge in [0.15, 0.2) is 8.32 Å².